The molecule has 1 N–H and O–H groups in total. The number of carbonyl (C=O) groups is 3. The molecule has 0 aromatic rings. The van der Waals surface area contributed by atoms with Crippen LogP contribution in [0.15, 0.2) is 0 Å². The van der Waals surface area contributed by atoms with Crippen molar-refractivity contribution < 1.29 is 19.5 Å². The molecule has 0 bridgehead atoms. The van der Waals surface area contributed by atoms with E-state index < -0.39 is 5.97 Å². The highest BCUT2D eigenvalue weighted by Crippen LogP contribution is 2.59. The first-order valence-electron chi connectivity index (χ1n) is 9.26. The second-order valence-corrected chi connectivity index (χ2v) is 7.71. The third-order valence-corrected chi connectivity index (χ3v) is 6.15. The van der Waals surface area contributed by atoms with Crippen molar-refractivity contribution in [2.24, 2.45) is 17.3 Å². The Hall–Kier alpha value is -1.59. The molecule has 1 spiro atoms. The molecule has 2 amide bonds. The fourth-order valence-electron chi connectivity index (χ4n) is 4.46. The number of carboxylic acid groups (broad SMARTS) is 1. The third-order valence-electron chi connectivity index (χ3n) is 6.15. The Morgan fingerprint density at radius 2 is 1.83 bits per heavy atom. The van der Waals surface area contributed by atoms with Gasteiger partial charge in [0.2, 0.25) is 11.8 Å². The quantitative estimate of drug-likeness (QED) is 0.848. The minimum absolute atomic E-state index is 0.0433. The number of hydrogen-bond acceptors (Lipinski definition) is 3. The van der Waals surface area contributed by atoms with Crippen LogP contribution >= 0.6 is 0 Å². The van der Waals surface area contributed by atoms with Gasteiger partial charge in [-0.1, -0.05) is 6.92 Å². The Labute approximate surface area is 143 Å². The van der Waals surface area contributed by atoms with E-state index in [1.165, 1.54) is 0 Å². The van der Waals surface area contributed by atoms with Crippen LogP contribution < -0.4 is 0 Å². The van der Waals surface area contributed by atoms with E-state index in [4.69, 9.17) is 5.11 Å². The maximum atomic E-state index is 12.8. The van der Waals surface area contributed by atoms with Gasteiger partial charge in [-0.2, -0.15) is 0 Å². The summed E-state index contributed by atoms with van der Waals surface area (Å²) >= 11 is 0. The molecule has 2 aliphatic heterocycles. The van der Waals surface area contributed by atoms with E-state index in [-0.39, 0.29) is 29.1 Å². The molecule has 6 heteroatoms. The first kappa shape index (κ1) is 17.2. The molecule has 0 aromatic heterocycles. The van der Waals surface area contributed by atoms with Crippen LogP contribution in [-0.2, 0) is 14.4 Å². The highest BCUT2D eigenvalue weighted by molar-refractivity contribution is 5.82. The van der Waals surface area contributed by atoms with Crippen LogP contribution in [0.2, 0.25) is 0 Å². The summed E-state index contributed by atoms with van der Waals surface area (Å²) in [7, 11) is 0. The summed E-state index contributed by atoms with van der Waals surface area (Å²) in [6.45, 7) is 4.66. The lowest BCUT2D eigenvalue weighted by molar-refractivity contribution is -0.142. The fourth-order valence-corrected chi connectivity index (χ4v) is 4.46. The predicted octanol–water partition coefficient (Wildman–Crippen LogP) is 1.74. The zero-order valence-corrected chi connectivity index (χ0v) is 14.5. The molecular formula is C18H28N2O4. The first-order chi connectivity index (χ1) is 11.5. The maximum absolute atomic E-state index is 12.8. The van der Waals surface area contributed by atoms with Crippen molar-refractivity contribution in [2.75, 3.05) is 26.2 Å². The average molecular weight is 336 g/mol. The van der Waals surface area contributed by atoms with Crippen LogP contribution in [0.3, 0.4) is 0 Å². The van der Waals surface area contributed by atoms with E-state index in [0.717, 1.165) is 45.1 Å². The Balaban J connectivity index is 1.52. The number of rotatable bonds is 4. The molecule has 3 rings (SSSR count). The second-order valence-electron chi connectivity index (χ2n) is 7.71. The summed E-state index contributed by atoms with van der Waals surface area (Å²) in [4.78, 5) is 39.8. The Kier molecular flexibility index (Phi) is 4.83. The Morgan fingerprint density at radius 1 is 1.12 bits per heavy atom. The van der Waals surface area contributed by atoms with Crippen LogP contribution in [0.1, 0.15) is 51.9 Å². The SMILES string of the molecule is CCCC(=O)N1CCCC(C(=O)N2CCC3(CC2)CC3C(=O)O)C1. The van der Waals surface area contributed by atoms with Gasteiger partial charge in [-0.3, -0.25) is 14.4 Å². The monoisotopic (exact) mass is 336 g/mol. The number of carbonyl (C=O) groups excluding carboxylic acids is 2. The van der Waals surface area contributed by atoms with Crippen molar-refractivity contribution in [2.45, 2.75) is 51.9 Å². The summed E-state index contributed by atoms with van der Waals surface area (Å²) in [6.07, 6.45) is 5.53. The standard InChI is InChI=1S/C18H28N2O4/c1-2-4-15(21)20-8-3-5-13(12-20)16(22)19-9-6-18(7-10-19)11-14(18)17(23)24/h13-14H,2-12H2,1H3,(H,23,24). The minimum Gasteiger partial charge on any atom is -0.481 e. The number of likely N-dealkylation sites (tertiary alicyclic amines) is 2. The van der Waals surface area contributed by atoms with Crippen molar-refractivity contribution in [1.82, 2.24) is 9.80 Å². The zero-order valence-electron chi connectivity index (χ0n) is 14.5. The summed E-state index contributed by atoms with van der Waals surface area (Å²) in [5, 5.41) is 9.16. The van der Waals surface area contributed by atoms with Gasteiger partial charge in [0.05, 0.1) is 11.8 Å². The number of hydrogen-bond donors (Lipinski definition) is 1. The van der Waals surface area contributed by atoms with Crippen LogP contribution in [0.5, 0.6) is 0 Å². The maximum Gasteiger partial charge on any atom is 0.307 e. The number of aliphatic carboxylic acids is 1. The first-order valence-corrected chi connectivity index (χ1v) is 9.26. The highest BCUT2D eigenvalue weighted by atomic mass is 16.4. The number of amides is 2. The lowest BCUT2D eigenvalue weighted by atomic mass is 9.89. The molecule has 0 radical (unpaired) electrons. The fraction of sp³-hybridized carbons (Fsp3) is 0.833. The Bertz CT molecular complexity index is 525. The van der Waals surface area contributed by atoms with E-state index in [1.54, 1.807) is 0 Å². The normalized spacial score (nSPS) is 28.7. The molecule has 2 heterocycles. The summed E-state index contributed by atoms with van der Waals surface area (Å²) in [6, 6.07) is 0. The third kappa shape index (κ3) is 3.28. The number of carboxylic acids is 1. The molecule has 134 valence electrons. The lowest BCUT2D eigenvalue weighted by Crippen LogP contribution is -2.49. The van der Waals surface area contributed by atoms with Gasteiger partial charge in [-0.25, -0.2) is 0 Å². The summed E-state index contributed by atoms with van der Waals surface area (Å²) in [5.74, 6) is -0.650. The summed E-state index contributed by atoms with van der Waals surface area (Å²) < 4.78 is 0. The van der Waals surface area contributed by atoms with Crippen molar-refractivity contribution in [3.05, 3.63) is 0 Å². The van der Waals surface area contributed by atoms with Crippen molar-refractivity contribution in [3.8, 4) is 0 Å². The van der Waals surface area contributed by atoms with Gasteiger partial charge in [0, 0.05) is 32.6 Å². The smallest absolute Gasteiger partial charge is 0.307 e. The predicted molar refractivity (Wildman–Crippen MR) is 88.2 cm³/mol. The largest absolute Gasteiger partial charge is 0.481 e. The number of piperidine rings is 2. The van der Waals surface area contributed by atoms with Gasteiger partial charge in [0.25, 0.3) is 0 Å². The number of nitrogens with zero attached hydrogens (tertiary/aromatic N) is 2. The zero-order chi connectivity index (χ0) is 17.3. The van der Waals surface area contributed by atoms with E-state index >= 15 is 0 Å². The molecule has 3 aliphatic rings. The van der Waals surface area contributed by atoms with Gasteiger partial charge in [-0.15, -0.1) is 0 Å². The molecule has 6 nitrogen and oxygen atoms in total. The van der Waals surface area contributed by atoms with Gasteiger partial charge < -0.3 is 14.9 Å². The molecule has 1 saturated carbocycles. The van der Waals surface area contributed by atoms with Gasteiger partial charge in [-0.05, 0) is 43.9 Å². The molecule has 3 fully saturated rings. The average Bonchev–Trinajstić information content (AvgIpc) is 3.29. The van der Waals surface area contributed by atoms with Crippen LogP contribution in [-0.4, -0.2) is 58.9 Å². The van der Waals surface area contributed by atoms with Gasteiger partial charge in [0.15, 0.2) is 0 Å². The van der Waals surface area contributed by atoms with E-state index in [0.29, 0.717) is 26.1 Å². The Morgan fingerprint density at radius 3 is 2.42 bits per heavy atom. The summed E-state index contributed by atoms with van der Waals surface area (Å²) in [5.41, 5.74) is -0.0433. The molecular weight excluding hydrogens is 308 g/mol. The van der Waals surface area contributed by atoms with Crippen molar-refractivity contribution in [1.29, 1.82) is 0 Å². The molecule has 24 heavy (non-hydrogen) atoms. The van der Waals surface area contributed by atoms with Crippen molar-refractivity contribution >= 4 is 17.8 Å². The molecule has 0 aromatic carbocycles. The molecule has 2 atom stereocenters. The van der Waals surface area contributed by atoms with Crippen LogP contribution in [0, 0.1) is 17.3 Å². The van der Waals surface area contributed by atoms with Crippen LogP contribution in [0.4, 0.5) is 0 Å². The van der Waals surface area contributed by atoms with E-state index in [2.05, 4.69) is 0 Å². The van der Waals surface area contributed by atoms with Crippen LogP contribution in [0.25, 0.3) is 0 Å². The minimum atomic E-state index is -0.688. The molecule has 2 unspecified atom stereocenters. The molecule has 2 saturated heterocycles. The molecule has 1 aliphatic carbocycles. The van der Waals surface area contributed by atoms with Gasteiger partial charge >= 0.3 is 5.97 Å². The van der Waals surface area contributed by atoms with Crippen molar-refractivity contribution in [3.63, 3.8) is 0 Å². The van der Waals surface area contributed by atoms with E-state index in [9.17, 15) is 14.4 Å². The topological polar surface area (TPSA) is 77.9 Å². The lowest BCUT2D eigenvalue weighted by Gasteiger charge is -2.38. The van der Waals surface area contributed by atoms with Gasteiger partial charge in [0.1, 0.15) is 0 Å². The highest BCUT2D eigenvalue weighted by Gasteiger charge is 2.59. The van der Waals surface area contributed by atoms with E-state index in [1.807, 2.05) is 16.7 Å². The second kappa shape index (κ2) is 6.73.